The fraction of sp³-hybridized carbons (Fsp3) is 0.240. The molecular formula is C25H23FN2O4. The number of hydrogen-bond donors (Lipinski definition) is 1. The van der Waals surface area contributed by atoms with Crippen LogP contribution in [0.2, 0.25) is 0 Å². The Kier molecular flexibility index (Phi) is 5.42. The summed E-state index contributed by atoms with van der Waals surface area (Å²) in [6, 6.07) is 12.0. The van der Waals surface area contributed by atoms with Crippen molar-refractivity contribution in [1.82, 2.24) is 4.57 Å². The molecule has 0 bridgehead atoms. The number of amides is 1. The first-order valence-electron chi connectivity index (χ1n) is 10.2. The Morgan fingerprint density at radius 3 is 2.31 bits per heavy atom. The fourth-order valence-electron chi connectivity index (χ4n) is 4.04. The molecular weight excluding hydrogens is 411 g/mol. The molecule has 0 spiro atoms. The highest BCUT2D eigenvalue weighted by Gasteiger charge is 2.36. The van der Waals surface area contributed by atoms with Crippen molar-refractivity contribution in [3.05, 3.63) is 87.6 Å². The third-order valence-corrected chi connectivity index (χ3v) is 5.59. The molecule has 0 saturated heterocycles. The number of carbonyl (C=O) groups is 2. The number of ether oxygens (including phenoxy) is 1. The average Bonchev–Trinajstić information content (AvgIpc) is 2.74. The van der Waals surface area contributed by atoms with E-state index in [0.29, 0.717) is 41.1 Å². The van der Waals surface area contributed by atoms with E-state index in [2.05, 4.69) is 5.32 Å². The summed E-state index contributed by atoms with van der Waals surface area (Å²) >= 11 is 0. The third-order valence-electron chi connectivity index (χ3n) is 5.59. The number of hydrogen-bond acceptors (Lipinski definition) is 4. The zero-order chi connectivity index (χ0) is 23.0. The number of methoxy groups -OCH3 is 1. The van der Waals surface area contributed by atoms with E-state index in [1.54, 1.807) is 31.4 Å². The number of aromatic nitrogens is 1. The van der Waals surface area contributed by atoms with Crippen molar-refractivity contribution in [1.29, 1.82) is 0 Å². The smallest absolute Gasteiger partial charge is 0.268 e. The number of fused-ring (bicyclic) bond motifs is 1. The number of rotatable bonds is 4. The van der Waals surface area contributed by atoms with Gasteiger partial charge in [0.25, 0.3) is 11.5 Å². The van der Waals surface area contributed by atoms with Crippen LogP contribution in [0.15, 0.2) is 59.5 Å². The van der Waals surface area contributed by atoms with Crippen molar-refractivity contribution in [3.63, 3.8) is 0 Å². The number of halogens is 1. The molecule has 6 nitrogen and oxygen atoms in total. The monoisotopic (exact) mass is 434 g/mol. The minimum Gasteiger partial charge on any atom is -0.497 e. The topological polar surface area (TPSA) is 77.4 Å². The molecule has 32 heavy (non-hydrogen) atoms. The minimum atomic E-state index is -0.599. The third kappa shape index (κ3) is 4.06. The molecule has 0 aliphatic heterocycles. The van der Waals surface area contributed by atoms with Crippen LogP contribution >= 0.6 is 0 Å². The van der Waals surface area contributed by atoms with Crippen LogP contribution in [0.5, 0.6) is 5.75 Å². The lowest BCUT2D eigenvalue weighted by Gasteiger charge is -2.31. The maximum absolute atomic E-state index is 13.5. The van der Waals surface area contributed by atoms with Gasteiger partial charge in [-0.1, -0.05) is 13.8 Å². The van der Waals surface area contributed by atoms with Crippen LogP contribution in [0.1, 0.15) is 46.5 Å². The van der Waals surface area contributed by atoms with Gasteiger partial charge in [0, 0.05) is 29.6 Å². The molecule has 0 fully saturated rings. The molecule has 3 aromatic rings. The molecule has 1 aliphatic carbocycles. The summed E-state index contributed by atoms with van der Waals surface area (Å²) in [7, 11) is 1.54. The first-order chi connectivity index (χ1) is 15.2. The largest absolute Gasteiger partial charge is 0.497 e. The number of benzene rings is 2. The highest BCUT2D eigenvalue weighted by atomic mass is 19.1. The lowest BCUT2D eigenvalue weighted by atomic mass is 9.73. The van der Waals surface area contributed by atoms with Gasteiger partial charge < -0.3 is 10.1 Å². The molecule has 0 saturated carbocycles. The van der Waals surface area contributed by atoms with E-state index in [9.17, 15) is 18.8 Å². The number of Topliss-reactive ketones (excluding diaryl/α,β-unsaturated/α-hetero) is 1. The van der Waals surface area contributed by atoms with E-state index in [0.717, 1.165) is 0 Å². The predicted molar refractivity (Wildman–Crippen MR) is 119 cm³/mol. The van der Waals surface area contributed by atoms with E-state index in [4.69, 9.17) is 4.74 Å². The van der Waals surface area contributed by atoms with Crippen LogP contribution < -0.4 is 15.6 Å². The number of carbonyl (C=O) groups excluding carboxylic acids is 2. The number of nitrogens with zero attached hydrogens (tertiary/aromatic N) is 1. The van der Waals surface area contributed by atoms with Gasteiger partial charge in [0.1, 0.15) is 17.1 Å². The zero-order valence-corrected chi connectivity index (χ0v) is 18.1. The Balaban J connectivity index is 1.86. The lowest BCUT2D eigenvalue weighted by molar-refractivity contribution is 0.0910. The maximum atomic E-state index is 13.5. The van der Waals surface area contributed by atoms with E-state index < -0.39 is 17.3 Å². The molecule has 0 unspecified atom stereocenters. The van der Waals surface area contributed by atoms with Crippen molar-refractivity contribution in [3.8, 4) is 11.4 Å². The molecule has 1 amide bonds. The van der Waals surface area contributed by atoms with Crippen molar-refractivity contribution in [2.24, 2.45) is 5.41 Å². The fourth-order valence-corrected chi connectivity index (χ4v) is 4.04. The van der Waals surface area contributed by atoms with Gasteiger partial charge in [-0.3, -0.25) is 19.0 Å². The summed E-state index contributed by atoms with van der Waals surface area (Å²) in [5.74, 6) is -0.551. The summed E-state index contributed by atoms with van der Waals surface area (Å²) in [5.41, 5.74) is 0.621. The standard InChI is InChI=1S/C25H23FN2O4/c1-25(2)12-19-20(21(29)13-25)14-28(17-8-4-15(26)5-9-17)24(31)22(19)23(30)27-16-6-10-18(32-3)11-7-16/h4-11,14H,12-13H2,1-3H3,(H,27,30). The first-order valence-corrected chi connectivity index (χ1v) is 10.2. The summed E-state index contributed by atoms with van der Waals surface area (Å²) in [6.45, 7) is 3.87. The summed E-state index contributed by atoms with van der Waals surface area (Å²) in [6.07, 6.45) is 2.19. The molecule has 164 valence electrons. The predicted octanol–water partition coefficient (Wildman–Crippen LogP) is 4.39. The van der Waals surface area contributed by atoms with Crippen LogP contribution in [0.4, 0.5) is 10.1 Å². The first kappa shape index (κ1) is 21.5. The maximum Gasteiger partial charge on any atom is 0.268 e. The van der Waals surface area contributed by atoms with E-state index in [1.165, 1.54) is 35.0 Å². The second-order valence-corrected chi connectivity index (χ2v) is 8.67. The normalized spacial score (nSPS) is 14.6. The summed E-state index contributed by atoms with van der Waals surface area (Å²) in [5, 5.41) is 2.75. The Morgan fingerprint density at radius 1 is 1.03 bits per heavy atom. The molecule has 0 radical (unpaired) electrons. The molecule has 0 atom stereocenters. The molecule has 1 aliphatic rings. The lowest BCUT2D eigenvalue weighted by Crippen LogP contribution is -2.37. The van der Waals surface area contributed by atoms with Crippen molar-refractivity contribution >= 4 is 17.4 Å². The van der Waals surface area contributed by atoms with E-state index in [-0.39, 0.29) is 16.8 Å². The van der Waals surface area contributed by atoms with Gasteiger partial charge in [0.15, 0.2) is 5.78 Å². The highest BCUT2D eigenvalue weighted by molar-refractivity contribution is 6.08. The van der Waals surface area contributed by atoms with E-state index >= 15 is 0 Å². The zero-order valence-electron chi connectivity index (χ0n) is 18.1. The summed E-state index contributed by atoms with van der Waals surface area (Å²) < 4.78 is 19.8. The Morgan fingerprint density at radius 2 is 1.69 bits per heavy atom. The molecule has 4 rings (SSSR count). The second-order valence-electron chi connectivity index (χ2n) is 8.67. The molecule has 1 heterocycles. The molecule has 1 aromatic heterocycles. The van der Waals surface area contributed by atoms with Gasteiger partial charge in [-0.25, -0.2) is 4.39 Å². The number of anilines is 1. The Hall–Kier alpha value is -3.74. The van der Waals surface area contributed by atoms with Gasteiger partial charge in [-0.05, 0) is 65.9 Å². The van der Waals surface area contributed by atoms with Gasteiger partial charge in [0.05, 0.1) is 7.11 Å². The van der Waals surface area contributed by atoms with Gasteiger partial charge >= 0.3 is 0 Å². The van der Waals surface area contributed by atoms with E-state index in [1.807, 2.05) is 13.8 Å². The molecule has 2 aromatic carbocycles. The van der Waals surface area contributed by atoms with Crippen molar-refractivity contribution in [2.45, 2.75) is 26.7 Å². The van der Waals surface area contributed by atoms with Crippen LogP contribution in [-0.2, 0) is 6.42 Å². The number of nitrogens with one attached hydrogen (secondary N) is 1. The van der Waals surface area contributed by atoms with Crippen molar-refractivity contribution in [2.75, 3.05) is 12.4 Å². The molecule has 1 N–H and O–H groups in total. The van der Waals surface area contributed by atoms with Gasteiger partial charge in [-0.15, -0.1) is 0 Å². The second kappa shape index (κ2) is 8.07. The van der Waals surface area contributed by atoms with Crippen LogP contribution in [0.3, 0.4) is 0 Å². The van der Waals surface area contributed by atoms with Gasteiger partial charge in [-0.2, -0.15) is 0 Å². The Bertz CT molecular complexity index is 1260. The minimum absolute atomic E-state index is 0.0798. The van der Waals surface area contributed by atoms with Crippen LogP contribution in [-0.4, -0.2) is 23.4 Å². The van der Waals surface area contributed by atoms with Crippen LogP contribution in [0, 0.1) is 11.2 Å². The highest BCUT2D eigenvalue weighted by Crippen LogP contribution is 2.36. The average molecular weight is 434 g/mol. The van der Waals surface area contributed by atoms with Crippen LogP contribution in [0.25, 0.3) is 5.69 Å². The number of pyridine rings is 1. The van der Waals surface area contributed by atoms with Gasteiger partial charge in [0.2, 0.25) is 0 Å². The SMILES string of the molecule is COc1ccc(NC(=O)c2c3c(cn(-c4ccc(F)cc4)c2=O)C(=O)CC(C)(C)C3)cc1. The van der Waals surface area contributed by atoms with Crippen molar-refractivity contribution < 1.29 is 18.7 Å². The summed E-state index contributed by atoms with van der Waals surface area (Å²) in [4.78, 5) is 39.7. The quantitative estimate of drug-likeness (QED) is 0.661. The Labute approximate surface area is 184 Å². The molecule has 7 heteroatoms. The number of ketones is 1.